The third kappa shape index (κ3) is 1.65. The molecule has 0 radical (unpaired) electrons. The SMILES string of the molecule is CCOC(=O)[C@@H]1CC[C@@H](C)C1=O. The second-order valence-electron chi connectivity index (χ2n) is 3.19. The first-order chi connectivity index (χ1) is 5.66. The molecule has 0 spiro atoms. The quantitative estimate of drug-likeness (QED) is 0.461. The van der Waals surface area contributed by atoms with E-state index in [4.69, 9.17) is 4.74 Å². The molecule has 1 rings (SSSR count). The van der Waals surface area contributed by atoms with Crippen LogP contribution in [0.4, 0.5) is 0 Å². The standard InChI is InChI=1S/C9H14O3/c1-3-12-9(11)7-5-4-6(2)8(7)10/h6-7H,3-5H2,1-2H3/t6-,7-/m1/s1. The van der Waals surface area contributed by atoms with Crippen LogP contribution in [0.3, 0.4) is 0 Å². The van der Waals surface area contributed by atoms with Crippen molar-refractivity contribution in [2.75, 3.05) is 6.61 Å². The fourth-order valence-corrected chi connectivity index (χ4v) is 1.52. The molecule has 3 heteroatoms. The van der Waals surface area contributed by atoms with Gasteiger partial charge in [0.05, 0.1) is 6.61 Å². The molecule has 0 amide bonds. The first-order valence-electron chi connectivity index (χ1n) is 4.37. The molecule has 0 N–H and O–H groups in total. The largest absolute Gasteiger partial charge is 0.465 e. The van der Waals surface area contributed by atoms with E-state index < -0.39 is 5.92 Å². The Hall–Kier alpha value is -0.860. The van der Waals surface area contributed by atoms with Crippen molar-refractivity contribution < 1.29 is 14.3 Å². The Morgan fingerprint density at radius 2 is 2.25 bits per heavy atom. The molecule has 0 aromatic carbocycles. The van der Waals surface area contributed by atoms with E-state index in [1.54, 1.807) is 6.92 Å². The van der Waals surface area contributed by atoms with Crippen LogP contribution in [-0.2, 0) is 14.3 Å². The van der Waals surface area contributed by atoms with Gasteiger partial charge in [0.1, 0.15) is 11.7 Å². The van der Waals surface area contributed by atoms with Crippen LogP contribution >= 0.6 is 0 Å². The number of rotatable bonds is 2. The summed E-state index contributed by atoms with van der Waals surface area (Å²) in [5, 5.41) is 0. The van der Waals surface area contributed by atoms with Crippen molar-refractivity contribution in [1.82, 2.24) is 0 Å². The molecule has 0 saturated heterocycles. The van der Waals surface area contributed by atoms with Crippen molar-refractivity contribution in [3.05, 3.63) is 0 Å². The number of carbonyl (C=O) groups excluding carboxylic acids is 2. The lowest BCUT2D eigenvalue weighted by atomic mass is 10.1. The van der Waals surface area contributed by atoms with Crippen LogP contribution in [0.25, 0.3) is 0 Å². The average Bonchev–Trinajstić information content (AvgIpc) is 2.34. The van der Waals surface area contributed by atoms with Crippen molar-refractivity contribution in [2.45, 2.75) is 26.7 Å². The van der Waals surface area contributed by atoms with Crippen LogP contribution in [0, 0.1) is 11.8 Å². The number of Topliss-reactive ketones (excluding diaryl/α,β-unsaturated/α-hetero) is 1. The molecule has 0 heterocycles. The smallest absolute Gasteiger partial charge is 0.316 e. The molecule has 0 aliphatic heterocycles. The van der Waals surface area contributed by atoms with Gasteiger partial charge in [0.15, 0.2) is 0 Å². The number of ketones is 1. The van der Waals surface area contributed by atoms with E-state index in [1.807, 2.05) is 6.92 Å². The van der Waals surface area contributed by atoms with E-state index in [-0.39, 0.29) is 17.7 Å². The van der Waals surface area contributed by atoms with Gasteiger partial charge in [0.25, 0.3) is 0 Å². The fraction of sp³-hybridized carbons (Fsp3) is 0.778. The van der Waals surface area contributed by atoms with Gasteiger partial charge in [-0.2, -0.15) is 0 Å². The van der Waals surface area contributed by atoms with Gasteiger partial charge < -0.3 is 4.74 Å². The second kappa shape index (κ2) is 3.70. The van der Waals surface area contributed by atoms with E-state index in [2.05, 4.69) is 0 Å². The molecule has 68 valence electrons. The lowest BCUT2D eigenvalue weighted by Crippen LogP contribution is -2.23. The zero-order valence-corrected chi connectivity index (χ0v) is 7.50. The molecule has 3 nitrogen and oxygen atoms in total. The molecule has 1 fully saturated rings. The second-order valence-corrected chi connectivity index (χ2v) is 3.19. The summed E-state index contributed by atoms with van der Waals surface area (Å²) in [5.74, 6) is -0.723. The third-order valence-corrected chi connectivity index (χ3v) is 2.29. The third-order valence-electron chi connectivity index (χ3n) is 2.29. The first-order valence-corrected chi connectivity index (χ1v) is 4.37. The Labute approximate surface area is 72.1 Å². The van der Waals surface area contributed by atoms with Crippen molar-refractivity contribution in [3.8, 4) is 0 Å². The van der Waals surface area contributed by atoms with E-state index in [9.17, 15) is 9.59 Å². The Kier molecular flexibility index (Phi) is 2.84. The van der Waals surface area contributed by atoms with Gasteiger partial charge in [-0.1, -0.05) is 6.92 Å². The summed E-state index contributed by atoms with van der Waals surface area (Å²) in [7, 11) is 0. The number of carbonyl (C=O) groups is 2. The lowest BCUT2D eigenvalue weighted by Gasteiger charge is -2.06. The molecule has 1 aliphatic carbocycles. The Morgan fingerprint density at radius 1 is 1.58 bits per heavy atom. The average molecular weight is 170 g/mol. The normalized spacial score (nSPS) is 29.0. The van der Waals surface area contributed by atoms with Crippen molar-refractivity contribution >= 4 is 11.8 Å². The zero-order chi connectivity index (χ0) is 9.14. The minimum atomic E-state index is -0.472. The summed E-state index contributed by atoms with van der Waals surface area (Å²) in [4.78, 5) is 22.5. The highest BCUT2D eigenvalue weighted by Crippen LogP contribution is 2.27. The number of hydrogen-bond donors (Lipinski definition) is 0. The first kappa shape index (κ1) is 9.23. The van der Waals surface area contributed by atoms with Crippen molar-refractivity contribution in [3.63, 3.8) is 0 Å². The van der Waals surface area contributed by atoms with Crippen molar-refractivity contribution in [1.29, 1.82) is 0 Å². The van der Waals surface area contributed by atoms with Crippen LogP contribution in [0.1, 0.15) is 26.7 Å². The predicted molar refractivity (Wildman–Crippen MR) is 43.5 cm³/mol. The molecule has 2 atom stereocenters. The van der Waals surface area contributed by atoms with Crippen LogP contribution < -0.4 is 0 Å². The maximum absolute atomic E-state index is 11.3. The van der Waals surface area contributed by atoms with Gasteiger partial charge >= 0.3 is 5.97 Å². The number of hydrogen-bond acceptors (Lipinski definition) is 3. The van der Waals surface area contributed by atoms with Gasteiger partial charge in [0, 0.05) is 5.92 Å². The van der Waals surface area contributed by atoms with Gasteiger partial charge in [-0.3, -0.25) is 9.59 Å². The van der Waals surface area contributed by atoms with E-state index in [0.29, 0.717) is 13.0 Å². The maximum Gasteiger partial charge on any atom is 0.316 e. The van der Waals surface area contributed by atoms with E-state index in [0.717, 1.165) is 6.42 Å². The summed E-state index contributed by atoms with van der Waals surface area (Å²) in [6.45, 7) is 3.97. The van der Waals surface area contributed by atoms with Crippen LogP contribution in [-0.4, -0.2) is 18.4 Å². The number of ether oxygens (including phenoxy) is 1. The van der Waals surface area contributed by atoms with Gasteiger partial charge in [-0.15, -0.1) is 0 Å². The molecular weight excluding hydrogens is 156 g/mol. The predicted octanol–water partition coefficient (Wildman–Crippen LogP) is 1.16. The minimum absolute atomic E-state index is 0.0411. The molecule has 0 aromatic rings. The van der Waals surface area contributed by atoms with Crippen LogP contribution in [0.15, 0.2) is 0 Å². The summed E-state index contributed by atoms with van der Waals surface area (Å²) in [6, 6.07) is 0. The van der Waals surface area contributed by atoms with E-state index >= 15 is 0 Å². The van der Waals surface area contributed by atoms with Gasteiger partial charge in [-0.05, 0) is 19.8 Å². The molecule has 1 saturated carbocycles. The summed E-state index contributed by atoms with van der Waals surface area (Å²) in [5.41, 5.74) is 0. The topological polar surface area (TPSA) is 43.4 Å². The highest BCUT2D eigenvalue weighted by atomic mass is 16.5. The van der Waals surface area contributed by atoms with Crippen LogP contribution in [0.5, 0.6) is 0 Å². The lowest BCUT2D eigenvalue weighted by molar-refractivity contribution is -0.150. The molecular formula is C9H14O3. The Balaban J connectivity index is 2.53. The van der Waals surface area contributed by atoms with Crippen LogP contribution in [0.2, 0.25) is 0 Å². The molecule has 0 unspecified atom stereocenters. The maximum atomic E-state index is 11.3. The van der Waals surface area contributed by atoms with Crippen molar-refractivity contribution in [2.24, 2.45) is 11.8 Å². The summed E-state index contributed by atoms with van der Waals surface area (Å²) >= 11 is 0. The fourth-order valence-electron chi connectivity index (χ4n) is 1.52. The van der Waals surface area contributed by atoms with E-state index in [1.165, 1.54) is 0 Å². The highest BCUT2D eigenvalue weighted by Gasteiger charge is 2.36. The zero-order valence-electron chi connectivity index (χ0n) is 7.50. The summed E-state index contributed by atoms with van der Waals surface area (Å²) < 4.78 is 4.78. The number of esters is 1. The minimum Gasteiger partial charge on any atom is -0.465 e. The monoisotopic (exact) mass is 170 g/mol. The Morgan fingerprint density at radius 3 is 2.67 bits per heavy atom. The highest BCUT2D eigenvalue weighted by molar-refractivity contribution is 6.01. The molecule has 0 aromatic heterocycles. The summed E-state index contributed by atoms with van der Waals surface area (Å²) in [6.07, 6.45) is 1.49. The van der Waals surface area contributed by atoms with Gasteiger partial charge in [0.2, 0.25) is 0 Å². The Bertz CT molecular complexity index is 198. The van der Waals surface area contributed by atoms with Gasteiger partial charge in [-0.25, -0.2) is 0 Å². The molecule has 1 aliphatic rings. The molecule has 12 heavy (non-hydrogen) atoms. The molecule has 0 bridgehead atoms.